The molecule has 0 aromatic carbocycles. The third-order valence-corrected chi connectivity index (χ3v) is 1.76. The van der Waals surface area contributed by atoms with Crippen molar-refractivity contribution in [1.82, 2.24) is 0 Å². The van der Waals surface area contributed by atoms with Gasteiger partial charge >= 0.3 is 17.9 Å². The summed E-state index contributed by atoms with van der Waals surface area (Å²) in [5.41, 5.74) is 0.350. The largest absolute Gasteiger partial charge is 0.478 e. The molecule has 0 unspecified atom stereocenters. The number of carbonyl (C=O) groups excluding carboxylic acids is 2. The zero-order valence-corrected chi connectivity index (χ0v) is 13.7. The Morgan fingerprint density at radius 3 is 1.91 bits per heavy atom. The normalized spacial score (nSPS) is 8.13. The number of hydrogen-bond acceptors (Lipinski definition) is 6. The van der Waals surface area contributed by atoms with Crippen LogP contribution in [0.1, 0.15) is 26.7 Å². The third kappa shape index (κ3) is 28.5. The first-order valence-electron chi connectivity index (χ1n) is 6.84. The number of carboxylic acids is 1. The Balaban J connectivity index is -0.000000273. The van der Waals surface area contributed by atoms with E-state index in [4.69, 9.17) is 10.2 Å². The summed E-state index contributed by atoms with van der Waals surface area (Å²) in [4.78, 5) is 30.1. The minimum atomic E-state index is -0.981. The Bertz CT molecular complexity index is 384. The molecule has 0 aromatic heterocycles. The van der Waals surface area contributed by atoms with Crippen molar-refractivity contribution in [3.8, 4) is 0 Å². The van der Waals surface area contributed by atoms with Crippen molar-refractivity contribution in [2.24, 2.45) is 0 Å². The molecule has 0 rings (SSSR count). The highest BCUT2D eigenvalue weighted by molar-refractivity contribution is 5.86. The highest BCUT2D eigenvalue weighted by Crippen LogP contribution is 1.90. The first kappa shape index (κ1) is 25.5. The SMILES string of the molecule is C=C(C)C(=O)OCCO.C=CC(=O)O.C=CC(=O)OCCCC. The van der Waals surface area contributed by atoms with E-state index in [2.05, 4.69) is 29.2 Å². The molecular formula is C16H26O7. The van der Waals surface area contributed by atoms with Gasteiger partial charge in [-0.1, -0.05) is 33.1 Å². The van der Waals surface area contributed by atoms with E-state index in [1.54, 1.807) is 6.92 Å². The highest BCUT2D eigenvalue weighted by atomic mass is 16.5. The molecule has 0 aromatic rings. The van der Waals surface area contributed by atoms with Crippen LogP contribution in [0.15, 0.2) is 37.5 Å². The maximum atomic E-state index is 10.5. The number of carboxylic acid groups (broad SMARTS) is 1. The van der Waals surface area contributed by atoms with Gasteiger partial charge in [0.05, 0.1) is 13.2 Å². The molecule has 0 bridgehead atoms. The summed E-state index contributed by atoms with van der Waals surface area (Å²) in [5, 5.41) is 15.8. The van der Waals surface area contributed by atoms with Crippen LogP contribution in [0.4, 0.5) is 0 Å². The van der Waals surface area contributed by atoms with Crippen molar-refractivity contribution in [2.45, 2.75) is 26.7 Å². The molecule has 0 spiro atoms. The third-order valence-electron chi connectivity index (χ3n) is 1.76. The molecule has 7 nitrogen and oxygen atoms in total. The van der Waals surface area contributed by atoms with Crippen LogP contribution in [0, 0.1) is 0 Å². The maximum absolute atomic E-state index is 10.5. The van der Waals surface area contributed by atoms with Gasteiger partial charge in [0.1, 0.15) is 6.61 Å². The van der Waals surface area contributed by atoms with Crippen molar-refractivity contribution >= 4 is 17.9 Å². The first-order valence-corrected chi connectivity index (χ1v) is 6.84. The van der Waals surface area contributed by atoms with Gasteiger partial charge in [-0.3, -0.25) is 0 Å². The Kier molecular flexibility index (Phi) is 21.8. The van der Waals surface area contributed by atoms with E-state index in [9.17, 15) is 14.4 Å². The molecular weight excluding hydrogens is 304 g/mol. The standard InChI is InChI=1S/C7H12O2.C6H10O3.C3H4O2/c1-3-5-6-9-7(8)4-2;1-5(2)6(8)9-4-3-7;1-2-3(4)5/h4H,2-3,5-6H2,1H3;7H,1,3-4H2,2H3;2H,1H2,(H,4,5). The zero-order valence-electron chi connectivity index (χ0n) is 13.7. The molecule has 0 aliphatic rings. The summed E-state index contributed by atoms with van der Waals surface area (Å²) in [6.07, 6.45) is 3.99. The molecule has 0 fully saturated rings. The number of unbranched alkanes of at least 4 members (excludes halogenated alkanes) is 1. The smallest absolute Gasteiger partial charge is 0.333 e. The molecule has 23 heavy (non-hydrogen) atoms. The van der Waals surface area contributed by atoms with E-state index in [-0.39, 0.29) is 19.2 Å². The molecule has 2 N–H and O–H groups in total. The van der Waals surface area contributed by atoms with Crippen LogP contribution >= 0.6 is 0 Å². The molecule has 7 heteroatoms. The Morgan fingerprint density at radius 2 is 1.61 bits per heavy atom. The topological polar surface area (TPSA) is 110 Å². The van der Waals surface area contributed by atoms with E-state index < -0.39 is 11.9 Å². The second-order valence-corrected chi connectivity index (χ2v) is 3.91. The van der Waals surface area contributed by atoms with Crippen LogP contribution in [0.25, 0.3) is 0 Å². The number of aliphatic hydroxyl groups is 1. The van der Waals surface area contributed by atoms with Gasteiger partial charge in [-0.25, -0.2) is 14.4 Å². The van der Waals surface area contributed by atoms with Crippen molar-refractivity contribution < 1.29 is 34.1 Å². The summed E-state index contributed by atoms with van der Waals surface area (Å²) < 4.78 is 9.14. The van der Waals surface area contributed by atoms with Crippen LogP contribution < -0.4 is 0 Å². The lowest BCUT2D eigenvalue weighted by Crippen LogP contribution is -2.08. The monoisotopic (exact) mass is 330 g/mol. The molecule has 0 aliphatic heterocycles. The van der Waals surface area contributed by atoms with Crippen LogP contribution in [-0.4, -0.2) is 47.9 Å². The average molecular weight is 330 g/mol. The fraction of sp³-hybridized carbons (Fsp3) is 0.438. The van der Waals surface area contributed by atoms with Crippen LogP contribution in [0.3, 0.4) is 0 Å². The van der Waals surface area contributed by atoms with Crippen LogP contribution in [0.2, 0.25) is 0 Å². The van der Waals surface area contributed by atoms with E-state index in [1.807, 2.05) is 6.92 Å². The van der Waals surface area contributed by atoms with Gasteiger partial charge in [0.2, 0.25) is 0 Å². The fourth-order valence-electron chi connectivity index (χ4n) is 0.638. The molecule has 132 valence electrons. The molecule has 0 atom stereocenters. The van der Waals surface area contributed by atoms with Crippen LogP contribution in [0.5, 0.6) is 0 Å². The van der Waals surface area contributed by atoms with Crippen molar-refractivity contribution in [2.75, 3.05) is 19.8 Å². The second-order valence-electron chi connectivity index (χ2n) is 3.91. The molecule has 0 heterocycles. The van der Waals surface area contributed by atoms with Crippen molar-refractivity contribution in [3.05, 3.63) is 37.5 Å². The van der Waals surface area contributed by atoms with Gasteiger partial charge in [-0.15, -0.1) is 0 Å². The van der Waals surface area contributed by atoms with E-state index in [0.717, 1.165) is 18.9 Å². The quantitative estimate of drug-likeness (QED) is 0.397. The lowest BCUT2D eigenvalue weighted by molar-refractivity contribution is -0.140. The summed E-state index contributed by atoms with van der Waals surface area (Å²) in [6.45, 7) is 13.6. The fourth-order valence-corrected chi connectivity index (χ4v) is 0.638. The van der Waals surface area contributed by atoms with E-state index >= 15 is 0 Å². The summed E-state index contributed by atoms with van der Waals surface area (Å²) in [7, 11) is 0. The van der Waals surface area contributed by atoms with Gasteiger partial charge in [-0.05, 0) is 13.3 Å². The Morgan fingerprint density at radius 1 is 1.09 bits per heavy atom. The van der Waals surface area contributed by atoms with Gasteiger partial charge in [0.25, 0.3) is 0 Å². The number of hydrogen-bond donors (Lipinski definition) is 2. The molecule has 0 aliphatic carbocycles. The van der Waals surface area contributed by atoms with Gasteiger partial charge in [0, 0.05) is 17.7 Å². The lowest BCUT2D eigenvalue weighted by Gasteiger charge is -1.99. The minimum Gasteiger partial charge on any atom is -0.478 e. The zero-order chi connectivity index (χ0) is 18.7. The summed E-state index contributed by atoms with van der Waals surface area (Å²) >= 11 is 0. The Labute approximate surface area is 136 Å². The van der Waals surface area contributed by atoms with E-state index in [1.165, 1.54) is 6.08 Å². The number of rotatable bonds is 8. The lowest BCUT2D eigenvalue weighted by atomic mass is 10.4. The molecule has 0 saturated carbocycles. The van der Waals surface area contributed by atoms with E-state index in [0.29, 0.717) is 12.2 Å². The van der Waals surface area contributed by atoms with Crippen LogP contribution in [-0.2, 0) is 23.9 Å². The maximum Gasteiger partial charge on any atom is 0.333 e. The number of ether oxygens (including phenoxy) is 2. The molecule has 0 radical (unpaired) electrons. The number of esters is 2. The summed E-state index contributed by atoms with van der Waals surface area (Å²) in [6, 6.07) is 0. The first-order chi connectivity index (χ1) is 10.8. The number of carbonyl (C=O) groups is 3. The summed E-state index contributed by atoms with van der Waals surface area (Å²) in [5.74, 6) is -1.77. The van der Waals surface area contributed by atoms with Gasteiger partial charge in [-0.2, -0.15) is 0 Å². The highest BCUT2D eigenvalue weighted by Gasteiger charge is 1.99. The second kappa shape index (κ2) is 19.6. The molecule has 0 saturated heterocycles. The van der Waals surface area contributed by atoms with Crippen molar-refractivity contribution in [1.29, 1.82) is 0 Å². The van der Waals surface area contributed by atoms with Crippen molar-refractivity contribution in [3.63, 3.8) is 0 Å². The van der Waals surface area contributed by atoms with Gasteiger partial charge < -0.3 is 19.7 Å². The average Bonchev–Trinajstić information content (AvgIpc) is 2.53. The Hall–Kier alpha value is -2.41. The molecule has 0 amide bonds. The minimum absolute atomic E-state index is 0.0473. The number of aliphatic hydroxyl groups excluding tert-OH is 1. The number of aliphatic carboxylic acids is 1. The predicted molar refractivity (Wildman–Crippen MR) is 86.8 cm³/mol. The van der Waals surface area contributed by atoms with Gasteiger partial charge in [0.15, 0.2) is 0 Å². The predicted octanol–water partition coefficient (Wildman–Crippen LogP) is 1.87.